The Bertz CT molecular complexity index is 344. The number of unbranched alkanes of at least 4 members (excludes halogenated alkanes) is 12. The molecule has 0 saturated heterocycles. The molecule has 0 amide bonds. The molecule has 0 fully saturated rings. The van der Waals surface area contributed by atoms with E-state index in [-0.39, 0.29) is 0 Å². The summed E-state index contributed by atoms with van der Waals surface area (Å²) in [6.07, 6.45) is 25.5. The average molecular weight is 336 g/mol. The number of amidine groups is 1. The third kappa shape index (κ3) is 11.7. The van der Waals surface area contributed by atoms with Crippen molar-refractivity contribution in [1.29, 1.82) is 0 Å². The van der Waals surface area contributed by atoms with Crippen LogP contribution in [-0.2, 0) is 0 Å². The van der Waals surface area contributed by atoms with Crippen LogP contribution in [0, 0.1) is 0 Å². The summed E-state index contributed by atoms with van der Waals surface area (Å²) >= 11 is 0. The van der Waals surface area contributed by atoms with Gasteiger partial charge in [0.2, 0.25) is 5.84 Å². The van der Waals surface area contributed by atoms with E-state index in [1.807, 2.05) is 0 Å². The van der Waals surface area contributed by atoms with Crippen molar-refractivity contribution >= 4 is 5.84 Å². The summed E-state index contributed by atoms with van der Waals surface area (Å²) in [5.74, 6) is 1.46. The smallest absolute Gasteiger partial charge is 0.244 e. The molecule has 0 saturated carbocycles. The summed E-state index contributed by atoms with van der Waals surface area (Å²) in [7, 11) is 2.20. The third-order valence-electron chi connectivity index (χ3n) is 5.16. The zero-order chi connectivity index (χ0) is 17.3. The minimum absolute atomic E-state index is 1.14. The van der Waals surface area contributed by atoms with Crippen molar-refractivity contribution in [3.8, 4) is 0 Å². The van der Waals surface area contributed by atoms with Crippen LogP contribution in [0.15, 0.2) is 12.2 Å². The molecule has 0 aromatic rings. The van der Waals surface area contributed by atoms with Crippen molar-refractivity contribution in [3.05, 3.63) is 12.2 Å². The predicted octanol–water partition coefficient (Wildman–Crippen LogP) is 6.06. The van der Waals surface area contributed by atoms with Gasteiger partial charge in [0.15, 0.2) is 0 Å². The summed E-state index contributed by atoms with van der Waals surface area (Å²) in [6, 6.07) is 0. The van der Waals surface area contributed by atoms with Gasteiger partial charge in [-0.15, -0.1) is 0 Å². The molecular weight excluding hydrogens is 292 g/mol. The summed E-state index contributed by atoms with van der Waals surface area (Å²) in [5, 5.41) is 3.49. The predicted molar refractivity (Wildman–Crippen MR) is 108 cm³/mol. The molecule has 140 valence electrons. The van der Waals surface area contributed by atoms with Crippen molar-refractivity contribution in [2.24, 2.45) is 0 Å². The lowest BCUT2D eigenvalue weighted by molar-refractivity contribution is -0.487. The first kappa shape index (κ1) is 21.3. The molecule has 0 aromatic carbocycles. The summed E-state index contributed by atoms with van der Waals surface area (Å²) < 4.78 is 2.37. The number of likely N-dealkylation sites (N-methyl/N-ethyl adjacent to an activating group) is 1. The van der Waals surface area contributed by atoms with E-state index < -0.39 is 0 Å². The van der Waals surface area contributed by atoms with E-state index >= 15 is 0 Å². The van der Waals surface area contributed by atoms with Gasteiger partial charge in [0.25, 0.3) is 0 Å². The fourth-order valence-corrected chi connectivity index (χ4v) is 3.46. The van der Waals surface area contributed by atoms with Crippen molar-refractivity contribution in [1.82, 2.24) is 5.32 Å². The van der Waals surface area contributed by atoms with Gasteiger partial charge in [-0.3, -0.25) is 9.89 Å². The molecule has 0 atom stereocenters. The van der Waals surface area contributed by atoms with E-state index in [1.165, 1.54) is 109 Å². The number of rotatable bonds is 16. The number of hydrogen-bond acceptors (Lipinski definition) is 1. The molecule has 0 aromatic heterocycles. The molecular formula is C22H43N2+. The van der Waals surface area contributed by atoms with Crippen LogP contribution < -0.4 is 5.32 Å². The third-order valence-corrected chi connectivity index (χ3v) is 5.16. The van der Waals surface area contributed by atoms with Gasteiger partial charge >= 0.3 is 0 Å². The Morgan fingerprint density at radius 2 is 1.33 bits per heavy atom. The van der Waals surface area contributed by atoms with Crippen LogP contribution in [0.3, 0.4) is 0 Å². The van der Waals surface area contributed by atoms with Gasteiger partial charge in [0.1, 0.15) is 13.1 Å². The topological polar surface area (TPSA) is 15.0 Å². The monoisotopic (exact) mass is 335 g/mol. The van der Waals surface area contributed by atoms with Crippen LogP contribution in [0.2, 0.25) is 0 Å². The van der Waals surface area contributed by atoms with Gasteiger partial charge in [-0.25, -0.2) is 0 Å². The highest BCUT2D eigenvalue weighted by molar-refractivity contribution is 5.78. The van der Waals surface area contributed by atoms with Crippen LogP contribution in [-0.4, -0.2) is 30.5 Å². The zero-order valence-electron chi connectivity index (χ0n) is 16.6. The van der Waals surface area contributed by atoms with E-state index in [9.17, 15) is 0 Å². The first-order valence-corrected chi connectivity index (χ1v) is 10.8. The fourth-order valence-electron chi connectivity index (χ4n) is 3.46. The second kappa shape index (κ2) is 15.7. The van der Waals surface area contributed by atoms with Crippen molar-refractivity contribution in [2.75, 3.05) is 20.1 Å². The van der Waals surface area contributed by atoms with E-state index in [0.29, 0.717) is 0 Å². The Morgan fingerprint density at radius 3 is 1.88 bits per heavy atom. The minimum Gasteiger partial charge on any atom is -0.274 e. The average Bonchev–Trinajstić information content (AvgIpc) is 2.99. The molecule has 0 bridgehead atoms. The Balaban J connectivity index is 1.75. The maximum absolute atomic E-state index is 3.49. The van der Waals surface area contributed by atoms with E-state index in [1.54, 1.807) is 0 Å². The molecule has 1 aliphatic heterocycles. The van der Waals surface area contributed by atoms with Gasteiger partial charge in [-0.1, -0.05) is 76.9 Å². The van der Waals surface area contributed by atoms with Crippen molar-refractivity contribution < 1.29 is 4.58 Å². The Kier molecular flexibility index (Phi) is 13.9. The largest absolute Gasteiger partial charge is 0.274 e. The fraction of sp³-hybridized carbons (Fsp3) is 0.864. The van der Waals surface area contributed by atoms with Crippen LogP contribution >= 0.6 is 0 Å². The van der Waals surface area contributed by atoms with Gasteiger partial charge in [-0.2, -0.15) is 0 Å². The SMILES string of the molecule is CCCCCCCC/C=C\CCCCCCCCC1=[N+](C)CCN1. The van der Waals surface area contributed by atoms with Gasteiger partial charge in [-0.05, 0) is 32.1 Å². The first-order valence-electron chi connectivity index (χ1n) is 10.8. The van der Waals surface area contributed by atoms with Crippen molar-refractivity contribution in [2.45, 2.75) is 103 Å². The number of allylic oxidation sites excluding steroid dienone is 2. The standard InChI is InChI=1S/C22H42N2/c1-3-4-5-6-7-8-9-10-11-12-13-14-15-16-17-18-19-22-23-20-21-24(22)2/h10-11H,3-9,12-21H2,1-2H3/p+1/b11-10-. The van der Waals surface area contributed by atoms with Crippen LogP contribution in [0.1, 0.15) is 103 Å². The lowest BCUT2D eigenvalue weighted by Gasteiger charge is -2.01. The van der Waals surface area contributed by atoms with Crippen LogP contribution in [0.4, 0.5) is 0 Å². The van der Waals surface area contributed by atoms with E-state index in [0.717, 1.165) is 6.54 Å². The van der Waals surface area contributed by atoms with Crippen LogP contribution in [0.5, 0.6) is 0 Å². The lowest BCUT2D eigenvalue weighted by atomic mass is 10.1. The zero-order valence-corrected chi connectivity index (χ0v) is 16.6. The molecule has 1 rings (SSSR count). The Labute approximate surface area is 151 Å². The molecule has 0 radical (unpaired) electrons. The molecule has 1 heterocycles. The quantitative estimate of drug-likeness (QED) is 0.206. The van der Waals surface area contributed by atoms with Crippen LogP contribution in [0.25, 0.3) is 0 Å². The highest BCUT2D eigenvalue weighted by Gasteiger charge is 2.15. The second-order valence-corrected chi connectivity index (χ2v) is 7.48. The summed E-state index contributed by atoms with van der Waals surface area (Å²) in [4.78, 5) is 0. The van der Waals surface area contributed by atoms with E-state index in [4.69, 9.17) is 0 Å². The van der Waals surface area contributed by atoms with E-state index in [2.05, 4.69) is 36.0 Å². The molecule has 1 aliphatic rings. The van der Waals surface area contributed by atoms with Gasteiger partial charge in [0, 0.05) is 6.42 Å². The molecule has 0 unspecified atom stereocenters. The maximum Gasteiger partial charge on any atom is 0.244 e. The Morgan fingerprint density at radius 1 is 0.792 bits per heavy atom. The number of nitrogens with one attached hydrogen (secondary N) is 1. The summed E-state index contributed by atoms with van der Waals surface area (Å²) in [6.45, 7) is 4.61. The van der Waals surface area contributed by atoms with Gasteiger partial charge < -0.3 is 0 Å². The molecule has 24 heavy (non-hydrogen) atoms. The van der Waals surface area contributed by atoms with Gasteiger partial charge in [0.05, 0.1) is 7.05 Å². The lowest BCUT2D eigenvalue weighted by Crippen LogP contribution is -2.20. The second-order valence-electron chi connectivity index (χ2n) is 7.48. The number of hydrogen-bond donors (Lipinski definition) is 1. The Hall–Kier alpha value is -0.790. The molecule has 0 spiro atoms. The molecule has 0 aliphatic carbocycles. The first-order chi connectivity index (χ1) is 11.8. The highest BCUT2D eigenvalue weighted by atomic mass is 15.2. The number of nitrogens with zero attached hydrogens (tertiary/aromatic N) is 1. The maximum atomic E-state index is 3.49. The highest BCUT2D eigenvalue weighted by Crippen LogP contribution is 2.11. The molecule has 2 nitrogen and oxygen atoms in total. The van der Waals surface area contributed by atoms with Crippen molar-refractivity contribution in [3.63, 3.8) is 0 Å². The molecule has 2 heteroatoms. The minimum atomic E-state index is 1.14. The molecule has 1 N–H and O–H groups in total. The summed E-state index contributed by atoms with van der Waals surface area (Å²) in [5.41, 5.74) is 0. The normalized spacial score (nSPS) is 14.8.